The summed E-state index contributed by atoms with van der Waals surface area (Å²) in [6.07, 6.45) is 2.05. The highest BCUT2D eigenvalue weighted by Gasteiger charge is 2.21. The number of carbonyl (C=O) groups is 1. The standard InChI is InChI=1S/C21H17N5O2S/c1-13-6-7-17-14(10-13)11-15(20-23-24-25-26(17)20)12-16(19-5-3-9-29-19)22-21(27)18-4-2-8-28-18/h2-11,16H,12H2,1H3,(H,22,27). The number of carbonyl (C=O) groups excluding carboxylic acids is 1. The minimum absolute atomic E-state index is 0.227. The summed E-state index contributed by atoms with van der Waals surface area (Å²) >= 11 is 1.60. The topological polar surface area (TPSA) is 85.3 Å². The number of rotatable bonds is 5. The maximum atomic E-state index is 12.6. The van der Waals surface area contributed by atoms with Crippen LogP contribution < -0.4 is 5.32 Å². The van der Waals surface area contributed by atoms with Crippen LogP contribution in [0.3, 0.4) is 0 Å². The minimum Gasteiger partial charge on any atom is -0.459 e. The molecular formula is C21H17N5O2S. The van der Waals surface area contributed by atoms with E-state index in [1.54, 1.807) is 28.0 Å². The number of aryl methyl sites for hydroxylation is 1. The van der Waals surface area contributed by atoms with E-state index in [9.17, 15) is 4.79 Å². The van der Waals surface area contributed by atoms with Crippen LogP contribution in [0, 0.1) is 6.92 Å². The van der Waals surface area contributed by atoms with E-state index in [4.69, 9.17) is 4.42 Å². The second-order valence-electron chi connectivity index (χ2n) is 6.87. The van der Waals surface area contributed by atoms with E-state index in [0.717, 1.165) is 26.9 Å². The molecule has 144 valence electrons. The van der Waals surface area contributed by atoms with Gasteiger partial charge >= 0.3 is 0 Å². The molecule has 29 heavy (non-hydrogen) atoms. The fourth-order valence-electron chi connectivity index (χ4n) is 3.50. The first-order chi connectivity index (χ1) is 14.2. The molecule has 0 fully saturated rings. The Morgan fingerprint density at radius 1 is 1.24 bits per heavy atom. The molecule has 0 spiro atoms. The number of nitrogens with zero attached hydrogens (tertiary/aromatic N) is 4. The number of hydrogen-bond acceptors (Lipinski definition) is 6. The summed E-state index contributed by atoms with van der Waals surface area (Å²) in [5, 5.41) is 18.4. The monoisotopic (exact) mass is 403 g/mol. The molecule has 1 aromatic carbocycles. The zero-order chi connectivity index (χ0) is 19.8. The molecule has 0 bridgehead atoms. The van der Waals surface area contributed by atoms with Gasteiger partial charge in [-0.2, -0.15) is 4.52 Å². The predicted octanol–water partition coefficient (Wildman–Crippen LogP) is 3.95. The van der Waals surface area contributed by atoms with E-state index in [1.807, 2.05) is 29.6 Å². The Balaban J connectivity index is 1.56. The second-order valence-corrected chi connectivity index (χ2v) is 7.85. The van der Waals surface area contributed by atoms with Gasteiger partial charge in [0.2, 0.25) is 0 Å². The molecule has 0 saturated carbocycles. The van der Waals surface area contributed by atoms with Gasteiger partial charge in [0.25, 0.3) is 5.91 Å². The number of pyridine rings is 1. The molecule has 0 radical (unpaired) electrons. The Morgan fingerprint density at radius 3 is 2.97 bits per heavy atom. The Hall–Kier alpha value is -3.52. The number of fused-ring (bicyclic) bond motifs is 3. The van der Waals surface area contributed by atoms with E-state index >= 15 is 0 Å². The van der Waals surface area contributed by atoms with E-state index in [2.05, 4.69) is 39.9 Å². The van der Waals surface area contributed by atoms with Crippen molar-refractivity contribution in [1.82, 2.24) is 25.4 Å². The summed E-state index contributed by atoms with van der Waals surface area (Å²) in [7, 11) is 0. The summed E-state index contributed by atoms with van der Waals surface area (Å²) in [6.45, 7) is 2.06. The normalized spacial score (nSPS) is 12.4. The first kappa shape index (κ1) is 17.6. The third-order valence-corrected chi connectivity index (χ3v) is 5.84. The summed E-state index contributed by atoms with van der Waals surface area (Å²) in [4.78, 5) is 13.7. The van der Waals surface area contributed by atoms with Crippen molar-refractivity contribution in [3.05, 3.63) is 81.9 Å². The van der Waals surface area contributed by atoms with E-state index < -0.39 is 0 Å². The van der Waals surface area contributed by atoms with E-state index in [1.165, 1.54) is 6.26 Å². The number of hydrogen-bond donors (Lipinski definition) is 1. The summed E-state index contributed by atoms with van der Waals surface area (Å²) < 4.78 is 7.00. The van der Waals surface area contributed by atoms with Gasteiger partial charge in [0.1, 0.15) is 0 Å². The van der Waals surface area contributed by atoms with E-state index in [0.29, 0.717) is 12.1 Å². The molecule has 1 unspecified atom stereocenters. The lowest BCUT2D eigenvalue weighted by atomic mass is 10.0. The molecule has 5 aromatic rings. The van der Waals surface area contributed by atoms with E-state index in [-0.39, 0.29) is 17.7 Å². The van der Waals surface area contributed by atoms with Crippen molar-refractivity contribution in [3.63, 3.8) is 0 Å². The number of thiophene rings is 1. The van der Waals surface area contributed by atoms with Gasteiger partial charge in [-0.1, -0.05) is 17.7 Å². The molecule has 1 amide bonds. The van der Waals surface area contributed by atoms with Crippen LogP contribution in [0.25, 0.3) is 16.6 Å². The fourth-order valence-corrected chi connectivity index (χ4v) is 4.28. The lowest BCUT2D eigenvalue weighted by Crippen LogP contribution is -2.29. The minimum atomic E-state index is -0.249. The lowest BCUT2D eigenvalue weighted by molar-refractivity contribution is 0.0909. The van der Waals surface area contributed by atoms with Crippen LogP contribution in [0.5, 0.6) is 0 Å². The Labute approximate surface area is 170 Å². The first-order valence-electron chi connectivity index (χ1n) is 9.17. The van der Waals surface area contributed by atoms with Gasteiger partial charge in [0.05, 0.1) is 17.8 Å². The van der Waals surface area contributed by atoms with Crippen LogP contribution in [-0.2, 0) is 6.42 Å². The average Bonchev–Trinajstić information content (AvgIpc) is 3.49. The molecule has 0 aliphatic carbocycles. The van der Waals surface area contributed by atoms with Crippen LogP contribution in [0.2, 0.25) is 0 Å². The molecule has 5 rings (SSSR count). The van der Waals surface area contributed by atoms with Crippen molar-refractivity contribution in [1.29, 1.82) is 0 Å². The van der Waals surface area contributed by atoms with Gasteiger partial charge < -0.3 is 9.73 Å². The van der Waals surface area contributed by atoms with Gasteiger partial charge in [-0.15, -0.1) is 16.4 Å². The van der Waals surface area contributed by atoms with Gasteiger partial charge in [0.15, 0.2) is 11.4 Å². The largest absolute Gasteiger partial charge is 0.459 e. The molecule has 0 saturated heterocycles. The Kier molecular flexibility index (Phi) is 4.33. The number of benzene rings is 1. The molecule has 0 aliphatic heterocycles. The van der Waals surface area contributed by atoms with Crippen molar-refractivity contribution in [2.24, 2.45) is 0 Å². The number of aromatic nitrogens is 4. The zero-order valence-corrected chi connectivity index (χ0v) is 16.4. The Bertz CT molecular complexity index is 1290. The molecule has 4 aromatic heterocycles. The van der Waals surface area contributed by atoms with Crippen molar-refractivity contribution in [2.75, 3.05) is 0 Å². The highest BCUT2D eigenvalue weighted by molar-refractivity contribution is 7.10. The SMILES string of the molecule is Cc1ccc2c(c1)cc(CC(NC(=O)c1ccco1)c1cccs1)c1nnnn12. The van der Waals surface area contributed by atoms with Crippen molar-refractivity contribution < 1.29 is 9.21 Å². The van der Waals surface area contributed by atoms with Crippen LogP contribution in [-0.4, -0.2) is 25.9 Å². The van der Waals surface area contributed by atoms with Crippen molar-refractivity contribution in [2.45, 2.75) is 19.4 Å². The smallest absolute Gasteiger partial charge is 0.287 e. The van der Waals surface area contributed by atoms with Gasteiger partial charge in [0, 0.05) is 22.2 Å². The highest BCUT2D eigenvalue weighted by Crippen LogP contribution is 2.27. The molecule has 8 heteroatoms. The van der Waals surface area contributed by atoms with Crippen LogP contribution >= 0.6 is 11.3 Å². The molecule has 7 nitrogen and oxygen atoms in total. The predicted molar refractivity (Wildman–Crippen MR) is 110 cm³/mol. The van der Waals surface area contributed by atoms with Crippen LogP contribution in [0.1, 0.15) is 32.6 Å². The maximum Gasteiger partial charge on any atom is 0.287 e. The molecule has 0 aliphatic rings. The van der Waals surface area contributed by atoms with Gasteiger partial charge in [-0.05, 0) is 59.1 Å². The summed E-state index contributed by atoms with van der Waals surface area (Å²) in [6, 6.07) is 15.4. The molecule has 1 N–H and O–H groups in total. The molecule has 4 heterocycles. The number of tetrazole rings is 1. The number of amides is 1. The Morgan fingerprint density at radius 2 is 2.17 bits per heavy atom. The quantitative estimate of drug-likeness (QED) is 0.480. The van der Waals surface area contributed by atoms with Crippen LogP contribution in [0.15, 0.2) is 64.6 Å². The van der Waals surface area contributed by atoms with Gasteiger partial charge in [-0.25, -0.2) is 0 Å². The maximum absolute atomic E-state index is 12.6. The number of nitrogens with one attached hydrogen (secondary N) is 1. The zero-order valence-electron chi connectivity index (χ0n) is 15.6. The first-order valence-corrected chi connectivity index (χ1v) is 10.0. The summed E-state index contributed by atoms with van der Waals surface area (Å²) in [5.41, 5.74) is 3.77. The number of furan rings is 1. The third-order valence-electron chi connectivity index (χ3n) is 4.86. The molecule has 1 atom stereocenters. The van der Waals surface area contributed by atoms with Crippen LogP contribution in [0.4, 0.5) is 0 Å². The molecular weight excluding hydrogens is 386 g/mol. The fraction of sp³-hybridized carbons (Fsp3) is 0.143. The lowest BCUT2D eigenvalue weighted by Gasteiger charge is -2.18. The van der Waals surface area contributed by atoms with Crippen molar-refractivity contribution >= 4 is 33.8 Å². The average molecular weight is 403 g/mol. The van der Waals surface area contributed by atoms with Gasteiger partial charge in [-0.3, -0.25) is 4.79 Å². The second kappa shape index (κ2) is 7.14. The third kappa shape index (κ3) is 3.27. The highest BCUT2D eigenvalue weighted by atomic mass is 32.1. The summed E-state index contributed by atoms with van der Waals surface area (Å²) in [5.74, 6) is 0.0376. The van der Waals surface area contributed by atoms with Crippen molar-refractivity contribution in [3.8, 4) is 0 Å².